The van der Waals surface area contributed by atoms with Gasteiger partial charge >= 0.3 is 0 Å². The summed E-state index contributed by atoms with van der Waals surface area (Å²) >= 11 is 0. The maximum absolute atomic E-state index is 13.1. The Hall–Kier alpha value is -2.88. The summed E-state index contributed by atoms with van der Waals surface area (Å²) in [6.07, 6.45) is 5.57. The van der Waals surface area contributed by atoms with E-state index in [2.05, 4.69) is 5.32 Å². The number of hydrogen-bond donors (Lipinski definition) is 1. The second-order valence-electron chi connectivity index (χ2n) is 7.30. The maximum atomic E-state index is 13.1. The van der Waals surface area contributed by atoms with Gasteiger partial charge in [-0.3, -0.25) is 14.2 Å². The van der Waals surface area contributed by atoms with Gasteiger partial charge in [-0.05, 0) is 35.9 Å². The predicted molar refractivity (Wildman–Crippen MR) is 108 cm³/mol. The quantitative estimate of drug-likeness (QED) is 0.761. The molecule has 1 aliphatic rings. The van der Waals surface area contributed by atoms with Crippen molar-refractivity contribution in [3.63, 3.8) is 0 Å². The smallest absolute Gasteiger partial charge is 0.268 e. The molecule has 3 aromatic rings. The third-order valence-electron chi connectivity index (χ3n) is 5.38. The first-order chi connectivity index (χ1) is 13.2. The van der Waals surface area contributed by atoms with E-state index in [4.69, 9.17) is 0 Å². The van der Waals surface area contributed by atoms with Gasteiger partial charge in [0.2, 0.25) is 0 Å². The Labute approximate surface area is 158 Å². The fourth-order valence-corrected chi connectivity index (χ4v) is 3.92. The highest BCUT2D eigenvalue weighted by Gasteiger charge is 2.20. The van der Waals surface area contributed by atoms with E-state index in [0.29, 0.717) is 17.6 Å². The van der Waals surface area contributed by atoms with Crippen LogP contribution in [0.4, 0.5) is 0 Å². The first-order valence-corrected chi connectivity index (χ1v) is 9.70. The Morgan fingerprint density at radius 3 is 2.44 bits per heavy atom. The average molecular weight is 360 g/mol. The lowest BCUT2D eigenvalue weighted by atomic mass is 9.95. The molecule has 0 unspecified atom stereocenters. The number of nitrogens with zero attached hydrogens (tertiary/aromatic N) is 1. The van der Waals surface area contributed by atoms with Crippen molar-refractivity contribution in [1.29, 1.82) is 0 Å². The fraction of sp³-hybridized carbons (Fsp3) is 0.304. The molecule has 0 atom stereocenters. The van der Waals surface area contributed by atoms with Crippen molar-refractivity contribution in [2.45, 2.75) is 44.7 Å². The van der Waals surface area contributed by atoms with Crippen molar-refractivity contribution in [3.8, 4) is 0 Å². The lowest BCUT2D eigenvalue weighted by Gasteiger charge is -2.23. The Balaban J connectivity index is 1.75. The topological polar surface area (TPSA) is 51.1 Å². The van der Waals surface area contributed by atoms with Gasteiger partial charge in [0, 0.05) is 11.4 Å². The van der Waals surface area contributed by atoms with Crippen LogP contribution in [0.1, 0.15) is 48.2 Å². The molecule has 1 heterocycles. The fourth-order valence-electron chi connectivity index (χ4n) is 3.92. The molecule has 1 aliphatic carbocycles. The monoisotopic (exact) mass is 360 g/mol. The van der Waals surface area contributed by atoms with E-state index < -0.39 is 0 Å². The van der Waals surface area contributed by atoms with E-state index in [0.717, 1.165) is 36.6 Å². The second-order valence-corrected chi connectivity index (χ2v) is 7.30. The molecule has 4 nitrogen and oxygen atoms in total. The number of pyridine rings is 1. The van der Waals surface area contributed by atoms with Crippen molar-refractivity contribution in [3.05, 3.63) is 82.3 Å². The van der Waals surface area contributed by atoms with Crippen LogP contribution in [0.25, 0.3) is 10.8 Å². The number of aromatic nitrogens is 1. The van der Waals surface area contributed by atoms with Crippen LogP contribution < -0.4 is 10.9 Å². The number of amides is 1. The van der Waals surface area contributed by atoms with Gasteiger partial charge in [-0.25, -0.2) is 0 Å². The van der Waals surface area contributed by atoms with Crippen LogP contribution in [0.15, 0.2) is 65.5 Å². The Morgan fingerprint density at radius 2 is 1.67 bits per heavy atom. The summed E-state index contributed by atoms with van der Waals surface area (Å²) in [6.45, 7) is 0.387. The summed E-state index contributed by atoms with van der Waals surface area (Å²) in [7, 11) is 0. The van der Waals surface area contributed by atoms with E-state index >= 15 is 0 Å². The number of benzene rings is 2. The van der Waals surface area contributed by atoms with Crippen molar-refractivity contribution < 1.29 is 4.79 Å². The zero-order valence-electron chi connectivity index (χ0n) is 15.4. The van der Waals surface area contributed by atoms with Gasteiger partial charge in [-0.15, -0.1) is 0 Å². The molecule has 1 N–H and O–H groups in total. The van der Waals surface area contributed by atoms with Crippen LogP contribution in [-0.4, -0.2) is 16.5 Å². The molecular formula is C23H24N2O2. The molecule has 1 aromatic heterocycles. The van der Waals surface area contributed by atoms with Gasteiger partial charge in [-0.1, -0.05) is 67.8 Å². The van der Waals surface area contributed by atoms with Gasteiger partial charge in [0.25, 0.3) is 11.5 Å². The summed E-state index contributed by atoms with van der Waals surface area (Å²) in [5.41, 5.74) is 1.32. The molecule has 1 amide bonds. The standard InChI is InChI=1S/C23H24N2O2/c26-22(24-19-12-5-2-6-13-19)21-15-18-11-7-8-14-20(18)23(27)25(21)16-17-9-3-1-4-10-17/h1,3-4,7-11,14-15,19H,2,5-6,12-13,16H2,(H,24,26). The van der Waals surface area contributed by atoms with E-state index in [1.807, 2.05) is 60.7 Å². The van der Waals surface area contributed by atoms with Crippen LogP contribution in [0.5, 0.6) is 0 Å². The van der Waals surface area contributed by atoms with Gasteiger partial charge in [0.15, 0.2) is 0 Å². The zero-order valence-corrected chi connectivity index (χ0v) is 15.4. The van der Waals surface area contributed by atoms with E-state index in [1.165, 1.54) is 6.42 Å². The molecular weight excluding hydrogens is 336 g/mol. The maximum Gasteiger partial charge on any atom is 0.268 e. The second kappa shape index (κ2) is 7.78. The van der Waals surface area contributed by atoms with Crippen molar-refractivity contribution in [2.75, 3.05) is 0 Å². The van der Waals surface area contributed by atoms with Crippen LogP contribution in [0.3, 0.4) is 0 Å². The summed E-state index contributed by atoms with van der Waals surface area (Å²) < 4.78 is 1.61. The molecule has 0 aliphatic heterocycles. The van der Waals surface area contributed by atoms with Gasteiger partial charge in [-0.2, -0.15) is 0 Å². The number of nitrogens with one attached hydrogen (secondary N) is 1. The molecule has 1 fully saturated rings. The minimum absolute atomic E-state index is 0.120. The molecule has 0 radical (unpaired) electrons. The molecule has 4 rings (SSSR count). The molecule has 2 aromatic carbocycles. The van der Waals surface area contributed by atoms with Gasteiger partial charge < -0.3 is 5.32 Å². The van der Waals surface area contributed by atoms with Crippen molar-refractivity contribution >= 4 is 16.7 Å². The van der Waals surface area contributed by atoms with Gasteiger partial charge in [0.1, 0.15) is 5.69 Å². The Kier molecular flexibility index (Phi) is 5.05. The highest BCUT2D eigenvalue weighted by molar-refractivity contribution is 5.96. The van der Waals surface area contributed by atoms with Gasteiger partial charge in [0.05, 0.1) is 6.54 Å². The van der Waals surface area contributed by atoms with E-state index in [9.17, 15) is 9.59 Å². The minimum atomic E-state index is -0.152. The molecule has 0 bridgehead atoms. The normalized spacial score (nSPS) is 15.0. The van der Waals surface area contributed by atoms with Crippen LogP contribution >= 0.6 is 0 Å². The summed E-state index contributed by atoms with van der Waals surface area (Å²) in [4.78, 5) is 26.2. The van der Waals surface area contributed by atoms with E-state index in [1.54, 1.807) is 4.57 Å². The molecule has 1 saturated carbocycles. The average Bonchev–Trinajstić information content (AvgIpc) is 2.71. The van der Waals surface area contributed by atoms with Crippen molar-refractivity contribution in [2.24, 2.45) is 0 Å². The lowest BCUT2D eigenvalue weighted by molar-refractivity contribution is 0.0917. The van der Waals surface area contributed by atoms with E-state index in [-0.39, 0.29) is 17.5 Å². The lowest BCUT2D eigenvalue weighted by Crippen LogP contribution is -2.39. The summed E-state index contributed by atoms with van der Waals surface area (Å²) in [5, 5.41) is 4.60. The van der Waals surface area contributed by atoms with Crippen LogP contribution in [-0.2, 0) is 6.54 Å². The molecule has 0 spiro atoms. The Morgan fingerprint density at radius 1 is 0.963 bits per heavy atom. The zero-order chi connectivity index (χ0) is 18.6. The number of fused-ring (bicyclic) bond motifs is 1. The third-order valence-corrected chi connectivity index (χ3v) is 5.38. The Bertz CT molecular complexity index is 1000. The number of hydrogen-bond acceptors (Lipinski definition) is 2. The highest BCUT2D eigenvalue weighted by atomic mass is 16.2. The first-order valence-electron chi connectivity index (χ1n) is 9.70. The number of rotatable bonds is 4. The third kappa shape index (κ3) is 3.80. The molecule has 138 valence electrons. The highest BCUT2D eigenvalue weighted by Crippen LogP contribution is 2.19. The SMILES string of the molecule is O=C(NC1CCCCC1)c1cc2ccccc2c(=O)n1Cc1ccccc1. The molecule has 0 saturated heterocycles. The number of carbonyl (C=O) groups is 1. The molecule has 4 heteroatoms. The van der Waals surface area contributed by atoms with Crippen molar-refractivity contribution in [1.82, 2.24) is 9.88 Å². The first kappa shape index (κ1) is 17.5. The largest absolute Gasteiger partial charge is 0.348 e. The van der Waals surface area contributed by atoms with Crippen LogP contribution in [0.2, 0.25) is 0 Å². The summed E-state index contributed by atoms with van der Waals surface area (Å²) in [6, 6.07) is 19.3. The molecule has 27 heavy (non-hydrogen) atoms. The number of carbonyl (C=O) groups excluding carboxylic acids is 1. The predicted octanol–water partition coefficient (Wildman–Crippen LogP) is 4.11. The van der Waals surface area contributed by atoms with Crippen LogP contribution in [0, 0.1) is 0 Å². The minimum Gasteiger partial charge on any atom is -0.348 e. The summed E-state index contributed by atoms with van der Waals surface area (Å²) in [5.74, 6) is -0.152.